The average Bonchev–Trinajstić information content (AvgIpc) is 2.97. The Bertz CT molecular complexity index is 574. The molecule has 1 aliphatic rings. The highest BCUT2D eigenvalue weighted by molar-refractivity contribution is 6.35. The van der Waals surface area contributed by atoms with Crippen molar-refractivity contribution in [3.8, 4) is 0 Å². The van der Waals surface area contributed by atoms with E-state index in [0.29, 0.717) is 10.0 Å². The molecule has 0 unspecified atom stereocenters. The van der Waals surface area contributed by atoms with Crippen LogP contribution in [0.15, 0.2) is 18.2 Å². The Morgan fingerprint density at radius 3 is 2.61 bits per heavy atom. The van der Waals surface area contributed by atoms with Crippen LogP contribution in [-0.2, 0) is 4.79 Å². The van der Waals surface area contributed by atoms with E-state index >= 15 is 0 Å². The highest BCUT2D eigenvalue weighted by atomic mass is 35.5. The molecule has 0 saturated heterocycles. The van der Waals surface area contributed by atoms with Crippen molar-refractivity contribution in [1.29, 1.82) is 0 Å². The molecule has 1 atom stereocenters. The maximum Gasteiger partial charge on any atom is 0.321 e. The van der Waals surface area contributed by atoms with Crippen molar-refractivity contribution in [3.05, 3.63) is 33.8 Å². The Kier molecular flexibility index (Phi) is 6.69. The Morgan fingerprint density at radius 2 is 1.96 bits per heavy atom. The molecule has 5 nitrogen and oxygen atoms in total. The van der Waals surface area contributed by atoms with Gasteiger partial charge in [-0.25, -0.2) is 4.79 Å². The van der Waals surface area contributed by atoms with Gasteiger partial charge in [-0.05, 0) is 37.5 Å². The minimum Gasteiger partial charge on any atom is -0.335 e. The third-order valence-corrected chi connectivity index (χ3v) is 4.50. The van der Waals surface area contributed by atoms with Crippen LogP contribution in [0.1, 0.15) is 44.2 Å². The van der Waals surface area contributed by atoms with Gasteiger partial charge in [0.25, 0.3) is 0 Å². The number of urea groups is 1. The van der Waals surface area contributed by atoms with Gasteiger partial charge in [-0.1, -0.05) is 42.1 Å². The van der Waals surface area contributed by atoms with Gasteiger partial charge in [0.15, 0.2) is 0 Å². The summed E-state index contributed by atoms with van der Waals surface area (Å²) in [4.78, 5) is 23.5. The molecule has 1 aliphatic carbocycles. The van der Waals surface area contributed by atoms with Gasteiger partial charge in [0.1, 0.15) is 0 Å². The molecule has 0 radical (unpaired) electrons. The zero-order chi connectivity index (χ0) is 16.8. The first-order chi connectivity index (χ1) is 11.0. The summed E-state index contributed by atoms with van der Waals surface area (Å²) in [6.45, 7) is 1.92. The van der Waals surface area contributed by atoms with E-state index in [9.17, 15) is 9.59 Å². The standard InChI is InChI=1S/C16H21Cl2N3O2/c1-10(13-7-6-11(17)8-14(13)18)19-9-15(22)21-16(23)20-12-4-2-3-5-12/h6-8,10,12,19H,2-5,9H2,1H3,(H2,20,21,22,23)/t10-/m0/s1. The van der Waals surface area contributed by atoms with Gasteiger partial charge < -0.3 is 10.6 Å². The van der Waals surface area contributed by atoms with E-state index in [1.807, 2.05) is 13.0 Å². The first-order valence-electron chi connectivity index (χ1n) is 7.74. The number of amides is 3. The van der Waals surface area contributed by atoms with Crippen molar-refractivity contribution in [2.45, 2.75) is 44.7 Å². The van der Waals surface area contributed by atoms with Gasteiger partial charge in [-0.2, -0.15) is 0 Å². The summed E-state index contributed by atoms with van der Waals surface area (Å²) in [6, 6.07) is 4.83. The van der Waals surface area contributed by atoms with Crippen molar-refractivity contribution in [2.24, 2.45) is 0 Å². The number of imide groups is 1. The third-order valence-electron chi connectivity index (χ3n) is 3.94. The van der Waals surface area contributed by atoms with E-state index in [1.165, 1.54) is 0 Å². The molecule has 0 aliphatic heterocycles. The highest BCUT2D eigenvalue weighted by Crippen LogP contribution is 2.25. The van der Waals surface area contributed by atoms with E-state index in [2.05, 4.69) is 16.0 Å². The number of nitrogens with one attached hydrogen (secondary N) is 3. The quantitative estimate of drug-likeness (QED) is 0.756. The molecule has 1 aromatic rings. The molecule has 7 heteroatoms. The summed E-state index contributed by atoms with van der Waals surface area (Å²) < 4.78 is 0. The van der Waals surface area contributed by atoms with Crippen LogP contribution in [-0.4, -0.2) is 24.5 Å². The van der Waals surface area contributed by atoms with Gasteiger partial charge in [0, 0.05) is 22.1 Å². The first kappa shape index (κ1) is 18.0. The van der Waals surface area contributed by atoms with Crippen molar-refractivity contribution in [1.82, 2.24) is 16.0 Å². The van der Waals surface area contributed by atoms with Gasteiger partial charge >= 0.3 is 6.03 Å². The second kappa shape index (κ2) is 8.52. The maximum absolute atomic E-state index is 11.8. The summed E-state index contributed by atoms with van der Waals surface area (Å²) in [7, 11) is 0. The summed E-state index contributed by atoms with van der Waals surface area (Å²) in [5.41, 5.74) is 0.847. The Morgan fingerprint density at radius 1 is 1.26 bits per heavy atom. The van der Waals surface area contributed by atoms with Crippen LogP contribution in [0.4, 0.5) is 4.79 Å². The third kappa shape index (κ3) is 5.68. The van der Waals surface area contributed by atoms with E-state index in [1.54, 1.807) is 12.1 Å². The number of carbonyl (C=O) groups is 2. The minimum absolute atomic E-state index is 0.0260. The molecular weight excluding hydrogens is 337 g/mol. The summed E-state index contributed by atoms with van der Waals surface area (Å²) in [5.74, 6) is -0.377. The van der Waals surface area contributed by atoms with Gasteiger partial charge in [0.2, 0.25) is 5.91 Å². The zero-order valence-electron chi connectivity index (χ0n) is 13.0. The summed E-state index contributed by atoms with van der Waals surface area (Å²) in [6.07, 6.45) is 4.21. The fraction of sp³-hybridized carbons (Fsp3) is 0.500. The normalized spacial score (nSPS) is 16.1. The molecule has 3 N–H and O–H groups in total. The second-order valence-electron chi connectivity index (χ2n) is 5.77. The second-order valence-corrected chi connectivity index (χ2v) is 6.62. The number of hydrogen-bond acceptors (Lipinski definition) is 3. The molecular formula is C16H21Cl2N3O2. The Balaban J connectivity index is 1.75. The fourth-order valence-corrected chi connectivity index (χ4v) is 3.24. The lowest BCUT2D eigenvalue weighted by molar-refractivity contribution is -0.119. The van der Waals surface area contributed by atoms with Gasteiger partial charge in [-0.15, -0.1) is 0 Å². The van der Waals surface area contributed by atoms with E-state index in [-0.39, 0.29) is 24.5 Å². The van der Waals surface area contributed by atoms with Crippen LogP contribution in [0.3, 0.4) is 0 Å². The van der Waals surface area contributed by atoms with Crippen LogP contribution in [0.25, 0.3) is 0 Å². The summed E-state index contributed by atoms with van der Waals surface area (Å²) >= 11 is 12.0. The molecule has 1 aromatic carbocycles. The lowest BCUT2D eigenvalue weighted by Gasteiger charge is -2.16. The first-order valence-corrected chi connectivity index (χ1v) is 8.50. The molecule has 1 saturated carbocycles. The smallest absolute Gasteiger partial charge is 0.321 e. The van der Waals surface area contributed by atoms with Crippen LogP contribution in [0.2, 0.25) is 10.0 Å². The predicted molar refractivity (Wildman–Crippen MR) is 91.8 cm³/mol. The highest BCUT2D eigenvalue weighted by Gasteiger charge is 2.18. The summed E-state index contributed by atoms with van der Waals surface area (Å²) in [5, 5.41) is 9.28. The maximum atomic E-state index is 11.8. The predicted octanol–water partition coefficient (Wildman–Crippen LogP) is 3.41. The molecule has 0 heterocycles. The van der Waals surface area contributed by atoms with E-state index < -0.39 is 6.03 Å². The number of halogens is 2. The molecule has 0 bridgehead atoms. The molecule has 1 fully saturated rings. The van der Waals surface area contributed by atoms with Crippen LogP contribution in [0, 0.1) is 0 Å². The van der Waals surface area contributed by atoms with E-state index in [0.717, 1.165) is 31.2 Å². The van der Waals surface area contributed by atoms with Gasteiger partial charge in [-0.3, -0.25) is 10.1 Å². The van der Waals surface area contributed by atoms with Crippen molar-refractivity contribution in [3.63, 3.8) is 0 Å². The largest absolute Gasteiger partial charge is 0.335 e. The SMILES string of the molecule is C[C@H](NCC(=O)NC(=O)NC1CCCC1)c1ccc(Cl)cc1Cl. The topological polar surface area (TPSA) is 70.2 Å². The molecule has 0 aromatic heterocycles. The van der Waals surface area contributed by atoms with Gasteiger partial charge in [0.05, 0.1) is 6.54 Å². The zero-order valence-corrected chi connectivity index (χ0v) is 14.5. The minimum atomic E-state index is -0.430. The average molecular weight is 358 g/mol. The van der Waals surface area contributed by atoms with Crippen molar-refractivity contribution < 1.29 is 9.59 Å². The molecule has 3 amide bonds. The Labute approximate surface area is 146 Å². The number of benzene rings is 1. The fourth-order valence-electron chi connectivity index (χ4n) is 2.67. The van der Waals surface area contributed by atoms with Crippen molar-refractivity contribution in [2.75, 3.05) is 6.54 Å². The lowest BCUT2D eigenvalue weighted by Crippen LogP contribution is -2.46. The molecule has 23 heavy (non-hydrogen) atoms. The van der Waals surface area contributed by atoms with Crippen LogP contribution in [0.5, 0.6) is 0 Å². The number of carbonyl (C=O) groups excluding carboxylic acids is 2. The monoisotopic (exact) mass is 357 g/mol. The number of rotatable bonds is 5. The molecule has 2 rings (SSSR count). The molecule has 0 spiro atoms. The lowest BCUT2D eigenvalue weighted by atomic mass is 10.1. The van der Waals surface area contributed by atoms with Crippen molar-refractivity contribution >= 4 is 35.1 Å². The van der Waals surface area contributed by atoms with Crippen LogP contribution < -0.4 is 16.0 Å². The number of hydrogen-bond donors (Lipinski definition) is 3. The molecule has 126 valence electrons. The van der Waals surface area contributed by atoms with Crippen LogP contribution >= 0.6 is 23.2 Å². The Hall–Kier alpha value is -1.30. The van der Waals surface area contributed by atoms with E-state index in [4.69, 9.17) is 23.2 Å².